The predicted molar refractivity (Wildman–Crippen MR) is 117 cm³/mol. The molecule has 3 nitrogen and oxygen atoms in total. The first-order valence-corrected chi connectivity index (χ1v) is 12.2. The highest BCUT2D eigenvalue weighted by molar-refractivity contribution is 6.06. The van der Waals surface area contributed by atoms with Gasteiger partial charge in [0.05, 0.1) is 5.69 Å². The van der Waals surface area contributed by atoms with E-state index >= 15 is 0 Å². The lowest BCUT2D eigenvalue weighted by atomic mass is 9.45. The molecule has 6 atom stereocenters. The van der Waals surface area contributed by atoms with Crippen molar-refractivity contribution in [1.29, 1.82) is 0 Å². The molecule has 0 radical (unpaired) electrons. The van der Waals surface area contributed by atoms with Crippen LogP contribution in [0.3, 0.4) is 0 Å². The summed E-state index contributed by atoms with van der Waals surface area (Å²) >= 11 is 0. The first kappa shape index (κ1) is 19.6. The van der Waals surface area contributed by atoms with Crippen LogP contribution in [0.2, 0.25) is 0 Å². The number of ketones is 1. The van der Waals surface area contributed by atoms with Crippen LogP contribution in [0.25, 0.3) is 6.08 Å². The Morgan fingerprint density at radius 3 is 2.72 bits per heavy atom. The molecule has 4 aliphatic rings. The van der Waals surface area contributed by atoms with E-state index in [1.54, 1.807) is 0 Å². The van der Waals surface area contributed by atoms with Crippen molar-refractivity contribution in [3.05, 3.63) is 23.0 Å². The lowest BCUT2D eigenvalue weighted by molar-refractivity contribution is -0.137. The molecule has 3 heteroatoms. The molecule has 4 saturated carbocycles. The lowest BCUT2D eigenvalue weighted by Gasteiger charge is -2.59. The molecular weight excluding hydrogens is 356 g/mol. The Balaban J connectivity index is 1.46. The summed E-state index contributed by atoms with van der Waals surface area (Å²) in [5.41, 5.74) is 3.67. The molecule has 158 valence electrons. The van der Waals surface area contributed by atoms with Gasteiger partial charge < -0.3 is 0 Å². The van der Waals surface area contributed by atoms with Crippen molar-refractivity contribution in [2.75, 3.05) is 0 Å². The lowest BCUT2D eigenvalue weighted by Crippen LogP contribution is -2.52. The summed E-state index contributed by atoms with van der Waals surface area (Å²) in [7, 11) is 0. The quantitative estimate of drug-likeness (QED) is 0.559. The topological polar surface area (TPSA) is 34.9 Å². The number of nitrogens with zero attached hydrogens (tertiary/aromatic N) is 2. The second-order valence-corrected chi connectivity index (χ2v) is 11.1. The summed E-state index contributed by atoms with van der Waals surface area (Å²) < 4.78 is 1.98. The zero-order chi connectivity index (χ0) is 20.4. The molecule has 5 rings (SSSR count). The number of rotatable bonds is 2. The maximum atomic E-state index is 13.6. The molecule has 4 aliphatic carbocycles. The van der Waals surface area contributed by atoms with E-state index in [4.69, 9.17) is 0 Å². The van der Waals surface area contributed by atoms with Crippen molar-refractivity contribution in [2.45, 2.75) is 92.0 Å². The van der Waals surface area contributed by atoms with Crippen LogP contribution in [0.4, 0.5) is 0 Å². The van der Waals surface area contributed by atoms with Crippen molar-refractivity contribution in [1.82, 2.24) is 9.78 Å². The SMILES string of the molecule is CCn1cc(/C=C2/C[C@H]3[C@@H]4CC[C@@H]5CCCC[C@]5(C)[C@@H]4CC[C@]3(C)C2=O)c(C)n1. The van der Waals surface area contributed by atoms with Gasteiger partial charge >= 0.3 is 0 Å². The average Bonchev–Trinajstić information content (AvgIpc) is 3.19. The highest BCUT2D eigenvalue weighted by atomic mass is 16.1. The van der Waals surface area contributed by atoms with Crippen molar-refractivity contribution in [2.24, 2.45) is 34.5 Å². The third-order valence-electron chi connectivity index (χ3n) is 9.86. The minimum absolute atomic E-state index is 0.125. The van der Waals surface area contributed by atoms with Gasteiger partial charge in [-0.05, 0) is 99.5 Å². The van der Waals surface area contributed by atoms with Crippen LogP contribution in [0, 0.1) is 41.4 Å². The van der Waals surface area contributed by atoms with Crippen LogP contribution < -0.4 is 0 Å². The Labute approximate surface area is 176 Å². The highest BCUT2D eigenvalue weighted by Crippen LogP contribution is 2.66. The summed E-state index contributed by atoms with van der Waals surface area (Å²) in [6.45, 7) is 9.97. The average molecular weight is 395 g/mol. The molecule has 29 heavy (non-hydrogen) atoms. The third-order valence-corrected chi connectivity index (χ3v) is 9.86. The smallest absolute Gasteiger partial charge is 0.165 e. The standard InChI is InChI=1S/C26H38N2O/c1-5-28-16-19(17(2)27-28)14-18-15-23-21-10-9-20-8-6-7-12-25(20,3)22(21)11-13-26(23,4)24(18)29/h14,16,20-23H,5-13,15H2,1-4H3/b18-14-/t20-,21+,22+,23-,25-,26-/m0/s1. The molecule has 1 aromatic heterocycles. The Kier molecular flexibility index (Phi) is 4.60. The van der Waals surface area contributed by atoms with Crippen molar-refractivity contribution in [3.8, 4) is 0 Å². The molecule has 1 aromatic rings. The summed E-state index contributed by atoms with van der Waals surface area (Å²) in [4.78, 5) is 13.6. The van der Waals surface area contributed by atoms with Crippen molar-refractivity contribution in [3.63, 3.8) is 0 Å². The maximum absolute atomic E-state index is 13.6. The zero-order valence-electron chi connectivity index (χ0n) is 18.8. The van der Waals surface area contributed by atoms with Gasteiger partial charge in [-0.25, -0.2) is 0 Å². The van der Waals surface area contributed by atoms with Crippen LogP contribution in [0.5, 0.6) is 0 Å². The first-order valence-electron chi connectivity index (χ1n) is 12.2. The van der Waals surface area contributed by atoms with Gasteiger partial charge in [-0.3, -0.25) is 9.48 Å². The second kappa shape index (κ2) is 6.82. The van der Waals surface area contributed by atoms with E-state index in [0.29, 0.717) is 17.1 Å². The Morgan fingerprint density at radius 1 is 1.14 bits per heavy atom. The fourth-order valence-electron chi connectivity index (χ4n) is 8.12. The largest absolute Gasteiger partial charge is 0.294 e. The molecule has 0 amide bonds. The summed E-state index contributed by atoms with van der Waals surface area (Å²) in [6, 6.07) is 0. The number of carbonyl (C=O) groups excluding carboxylic acids is 1. The van der Waals surface area contributed by atoms with Gasteiger partial charge in [0.25, 0.3) is 0 Å². The molecule has 0 saturated heterocycles. The fraction of sp³-hybridized carbons (Fsp3) is 0.769. The van der Waals surface area contributed by atoms with E-state index in [2.05, 4.69) is 45.1 Å². The zero-order valence-corrected chi connectivity index (χ0v) is 18.8. The van der Waals surface area contributed by atoms with Crippen molar-refractivity contribution < 1.29 is 4.79 Å². The normalized spacial score (nSPS) is 43.2. The number of fused-ring (bicyclic) bond motifs is 5. The van der Waals surface area contributed by atoms with Crippen LogP contribution in [0.1, 0.15) is 89.8 Å². The fourth-order valence-corrected chi connectivity index (χ4v) is 8.12. The molecular formula is C26H38N2O. The summed E-state index contributed by atoms with van der Waals surface area (Å²) in [6.07, 6.45) is 16.2. The number of hydrogen-bond acceptors (Lipinski definition) is 2. The van der Waals surface area contributed by atoms with Gasteiger partial charge in [-0.1, -0.05) is 26.7 Å². The van der Waals surface area contributed by atoms with Crippen LogP contribution in [-0.4, -0.2) is 15.6 Å². The molecule has 0 aromatic carbocycles. The van der Waals surface area contributed by atoms with Gasteiger partial charge in [0, 0.05) is 23.7 Å². The first-order chi connectivity index (χ1) is 13.9. The highest BCUT2D eigenvalue weighted by Gasteiger charge is 2.60. The van der Waals surface area contributed by atoms with Crippen LogP contribution in [-0.2, 0) is 11.3 Å². The number of Topliss-reactive ketones (excluding diaryl/α,β-unsaturated/α-hetero) is 1. The van der Waals surface area contributed by atoms with Gasteiger partial charge in [0.15, 0.2) is 5.78 Å². The monoisotopic (exact) mass is 394 g/mol. The van der Waals surface area contributed by atoms with E-state index < -0.39 is 0 Å². The molecule has 1 heterocycles. The van der Waals surface area contributed by atoms with Gasteiger partial charge in [-0.15, -0.1) is 0 Å². The van der Waals surface area contributed by atoms with E-state index in [1.807, 2.05) is 4.68 Å². The number of carbonyl (C=O) groups is 1. The van der Waals surface area contributed by atoms with E-state index in [-0.39, 0.29) is 5.41 Å². The number of hydrogen-bond donors (Lipinski definition) is 0. The molecule has 0 spiro atoms. The van der Waals surface area contributed by atoms with Crippen LogP contribution in [0.15, 0.2) is 11.8 Å². The molecule has 0 bridgehead atoms. The molecule has 0 N–H and O–H groups in total. The van der Waals surface area contributed by atoms with E-state index in [0.717, 1.165) is 54.0 Å². The molecule has 0 aliphatic heterocycles. The van der Waals surface area contributed by atoms with Gasteiger partial charge in [0.2, 0.25) is 0 Å². The van der Waals surface area contributed by atoms with E-state index in [1.165, 1.54) is 44.9 Å². The predicted octanol–water partition coefficient (Wildman–Crippen LogP) is 6.21. The van der Waals surface area contributed by atoms with E-state index in [9.17, 15) is 4.79 Å². The Bertz CT molecular complexity index is 851. The van der Waals surface area contributed by atoms with Gasteiger partial charge in [0.1, 0.15) is 0 Å². The van der Waals surface area contributed by atoms with Crippen molar-refractivity contribution >= 4 is 11.9 Å². The summed E-state index contributed by atoms with van der Waals surface area (Å²) in [5.74, 6) is 3.54. The minimum Gasteiger partial charge on any atom is -0.294 e. The summed E-state index contributed by atoms with van der Waals surface area (Å²) in [5, 5.41) is 4.58. The number of allylic oxidation sites excluding steroid dienone is 1. The van der Waals surface area contributed by atoms with Crippen LogP contribution >= 0.6 is 0 Å². The number of aryl methyl sites for hydroxylation is 2. The maximum Gasteiger partial charge on any atom is 0.165 e. The number of aromatic nitrogens is 2. The Hall–Kier alpha value is -1.38. The Morgan fingerprint density at radius 2 is 1.97 bits per heavy atom. The van der Waals surface area contributed by atoms with Gasteiger partial charge in [-0.2, -0.15) is 5.10 Å². The molecule has 4 fully saturated rings. The second-order valence-electron chi connectivity index (χ2n) is 11.1. The third kappa shape index (κ3) is 2.82. The molecule has 0 unspecified atom stereocenters. The minimum atomic E-state index is -0.125.